The third-order valence-electron chi connectivity index (χ3n) is 3.56. The van der Waals surface area contributed by atoms with Crippen LogP contribution in [-0.2, 0) is 0 Å². The highest BCUT2D eigenvalue weighted by atomic mass is 16.2. The van der Waals surface area contributed by atoms with E-state index in [4.69, 9.17) is 0 Å². The lowest BCUT2D eigenvalue weighted by Crippen LogP contribution is -2.68. The van der Waals surface area contributed by atoms with Crippen LogP contribution in [0.2, 0.25) is 0 Å². The largest absolute Gasteiger partial charge is 0.333 e. The Morgan fingerprint density at radius 2 is 2.25 bits per heavy atom. The molecule has 16 heavy (non-hydrogen) atoms. The third-order valence-corrected chi connectivity index (χ3v) is 3.56. The molecule has 0 bridgehead atoms. The summed E-state index contributed by atoms with van der Waals surface area (Å²) in [5.41, 5.74) is 0.752. The highest BCUT2D eigenvalue weighted by Crippen LogP contribution is 2.24. The van der Waals surface area contributed by atoms with Crippen molar-refractivity contribution in [3.8, 4) is 0 Å². The average molecular weight is 217 g/mol. The van der Waals surface area contributed by atoms with Crippen LogP contribution in [0, 0.1) is 0 Å². The minimum atomic E-state index is 0.151. The summed E-state index contributed by atoms with van der Waals surface area (Å²) in [6.07, 6.45) is 5.65. The Balaban J connectivity index is 1.79. The summed E-state index contributed by atoms with van der Waals surface area (Å²) in [5.74, 6) is 0.151. The van der Waals surface area contributed by atoms with Crippen molar-refractivity contribution < 1.29 is 4.79 Å². The molecule has 2 aliphatic heterocycles. The van der Waals surface area contributed by atoms with Crippen LogP contribution >= 0.6 is 0 Å². The Morgan fingerprint density at radius 1 is 1.44 bits per heavy atom. The second kappa shape index (κ2) is 3.87. The van der Waals surface area contributed by atoms with Gasteiger partial charge in [-0.25, -0.2) is 0 Å². The minimum Gasteiger partial charge on any atom is -0.333 e. The van der Waals surface area contributed by atoms with Crippen LogP contribution < -0.4 is 5.32 Å². The van der Waals surface area contributed by atoms with Crippen molar-refractivity contribution in [2.75, 3.05) is 13.1 Å². The van der Waals surface area contributed by atoms with E-state index in [1.165, 1.54) is 6.42 Å². The van der Waals surface area contributed by atoms with Gasteiger partial charge in [0.25, 0.3) is 5.91 Å². The third kappa shape index (κ3) is 1.50. The number of rotatable bonds is 1. The first-order chi connectivity index (χ1) is 7.86. The molecule has 2 saturated heterocycles. The molecule has 3 heterocycles. The van der Waals surface area contributed by atoms with E-state index in [0.29, 0.717) is 12.1 Å². The maximum atomic E-state index is 12.3. The molecule has 3 rings (SSSR count). The molecule has 1 aromatic rings. The number of nitrogens with zero attached hydrogens (tertiary/aromatic N) is 2. The van der Waals surface area contributed by atoms with E-state index < -0.39 is 0 Å². The Bertz CT molecular complexity index is 393. The zero-order valence-corrected chi connectivity index (χ0v) is 9.10. The first-order valence-corrected chi connectivity index (χ1v) is 5.80. The van der Waals surface area contributed by atoms with Gasteiger partial charge >= 0.3 is 0 Å². The van der Waals surface area contributed by atoms with Crippen molar-refractivity contribution in [3.63, 3.8) is 0 Å². The molecule has 0 aliphatic carbocycles. The predicted octanol–water partition coefficient (Wildman–Crippen LogP) is 0.658. The van der Waals surface area contributed by atoms with Crippen molar-refractivity contribution >= 4 is 5.91 Å². The molecule has 2 fully saturated rings. The van der Waals surface area contributed by atoms with Gasteiger partial charge in [0, 0.05) is 37.1 Å². The molecular formula is C12H15N3O. The van der Waals surface area contributed by atoms with Crippen LogP contribution in [0.25, 0.3) is 0 Å². The van der Waals surface area contributed by atoms with Crippen LogP contribution in [-0.4, -0.2) is 41.0 Å². The number of hydrogen-bond acceptors (Lipinski definition) is 3. The fourth-order valence-corrected chi connectivity index (χ4v) is 2.57. The quantitative estimate of drug-likeness (QED) is 0.751. The highest BCUT2D eigenvalue weighted by Gasteiger charge is 2.40. The Morgan fingerprint density at radius 3 is 2.94 bits per heavy atom. The Hall–Kier alpha value is -1.42. The second-order valence-electron chi connectivity index (χ2n) is 4.46. The lowest BCUT2D eigenvalue weighted by molar-refractivity contribution is 0.0365. The number of carbonyl (C=O) groups is 1. The van der Waals surface area contributed by atoms with Crippen molar-refractivity contribution in [2.24, 2.45) is 0 Å². The van der Waals surface area contributed by atoms with E-state index in [-0.39, 0.29) is 5.91 Å². The minimum absolute atomic E-state index is 0.151. The average Bonchev–Trinajstić information content (AvgIpc) is 2.31. The molecule has 2 atom stereocenters. The van der Waals surface area contributed by atoms with E-state index >= 15 is 0 Å². The van der Waals surface area contributed by atoms with E-state index in [1.807, 2.05) is 4.90 Å². The molecule has 84 valence electrons. The molecule has 1 aromatic heterocycles. The van der Waals surface area contributed by atoms with Crippen molar-refractivity contribution in [1.29, 1.82) is 0 Å². The SMILES string of the molecule is O=C(c1ccncc1)N1CCCC2NCC21. The Labute approximate surface area is 94.7 Å². The number of amides is 1. The summed E-state index contributed by atoms with van der Waals surface area (Å²) >= 11 is 0. The van der Waals surface area contributed by atoms with Crippen LogP contribution in [0.15, 0.2) is 24.5 Å². The molecule has 4 nitrogen and oxygen atoms in total. The topological polar surface area (TPSA) is 45.2 Å². The number of aromatic nitrogens is 1. The molecule has 1 amide bonds. The molecular weight excluding hydrogens is 202 g/mol. The van der Waals surface area contributed by atoms with Gasteiger partial charge < -0.3 is 10.2 Å². The maximum Gasteiger partial charge on any atom is 0.254 e. The summed E-state index contributed by atoms with van der Waals surface area (Å²) in [7, 11) is 0. The Kier molecular flexibility index (Phi) is 2.36. The number of pyridine rings is 1. The van der Waals surface area contributed by atoms with Gasteiger partial charge in [-0.3, -0.25) is 9.78 Å². The summed E-state index contributed by atoms with van der Waals surface area (Å²) in [6, 6.07) is 4.52. The first kappa shape index (κ1) is 9.78. The van der Waals surface area contributed by atoms with Gasteiger partial charge in [-0.1, -0.05) is 0 Å². The van der Waals surface area contributed by atoms with Crippen LogP contribution in [0.3, 0.4) is 0 Å². The lowest BCUT2D eigenvalue weighted by atomic mass is 9.89. The normalized spacial score (nSPS) is 28.1. The van der Waals surface area contributed by atoms with Crippen LogP contribution in [0.1, 0.15) is 23.2 Å². The van der Waals surface area contributed by atoms with E-state index in [2.05, 4.69) is 10.3 Å². The summed E-state index contributed by atoms with van der Waals surface area (Å²) in [6.45, 7) is 1.84. The van der Waals surface area contributed by atoms with E-state index in [0.717, 1.165) is 25.1 Å². The number of carbonyl (C=O) groups excluding carboxylic acids is 1. The van der Waals surface area contributed by atoms with Gasteiger partial charge in [0.1, 0.15) is 0 Å². The van der Waals surface area contributed by atoms with Gasteiger partial charge in [0.15, 0.2) is 0 Å². The zero-order chi connectivity index (χ0) is 11.0. The highest BCUT2D eigenvalue weighted by molar-refractivity contribution is 5.94. The van der Waals surface area contributed by atoms with Gasteiger partial charge in [0.2, 0.25) is 0 Å². The monoisotopic (exact) mass is 217 g/mol. The molecule has 2 aliphatic rings. The standard InChI is InChI=1S/C12H15N3O/c16-12(9-3-5-13-6-4-9)15-7-1-2-10-11(15)8-14-10/h3-6,10-11,14H,1-2,7-8H2. The fourth-order valence-electron chi connectivity index (χ4n) is 2.57. The summed E-state index contributed by atoms with van der Waals surface area (Å²) in [4.78, 5) is 18.2. The maximum absolute atomic E-state index is 12.3. The summed E-state index contributed by atoms with van der Waals surface area (Å²) < 4.78 is 0. The molecule has 0 saturated carbocycles. The number of piperidine rings is 1. The molecule has 0 aromatic carbocycles. The molecule has 1 N–H and O–H groups in total. The first-order valence-electron chi connectivity index (χ1n) is 5.80. The van der Waals surface area contributed by atoms with Crippen molar-refractivity contribution in [3.05, 3.63) is 30.1 Å². The van der Waals surface area contributed by atoms with E-state index in [9.17, 15) is 4.79 Å². The second-order valence-corrected chi connectivity index (χ2v) is 4.46. The van der Waals surface area contributed by atoms with Crippen LogP contribution in [0.4, 0.5) is 0 Å². The molecule has 0 spiro atoms. The van der Waals surface area contributed by atoms with Crippen molar-refractivity contribution in [1.82, 2.24) is 15.2 Å². The number of nitrogens with one attached hydrogen (secondary N) is 1. The number of fused-ring (bicyclic) bond motifs is 1. The fraction of sp³-hybridized carbons (Fsp3) is 0.500. The molecule has 0 radical (unpaired) electrons. The summed E-state index contributed by atoms with van der Waals surface area (Å²) in [5, 5.41) is 3.38. The molecule has 2 unspecified atom stereocenters. The zero-order valence-electron chi connectivity index (χ0n) is 9.10. The smallest absolute Gasteiger partial charge is 0.254 e. The van der Waals surface area contributed by atoms with Crippen LogP contribution in [0.5, 0.6) is 0 Å². The van der Waals surface area contributed by atoms with Gasteiger partial charge in [-0.15, -0.1) is 0 Å². The van der Waals surface area contributed by atoms with Gasteiger partial charge in [0.05, 0.1) is 6.04 Å². The van der Waals surface area contributed by atoms with Gasteiger partial charge in [-0.05, 0) is 25.0 Å². The molecule has 4 heteroatoms. The van der Waals surface area contributed by atoms with Gasteiger partial charge in [-0.2, -0.15) is 0 Å². The van der Waals surface area contributed by atoms with E-state index in [1.54, 1.807) is 24.5 Å². The number of hydrogen-bond donors (Lipinski definition) is 1. The lowest BCUT2D eigenvalue weighted by Gasteiger charge is -2.49. The number of likely N-dealkylation sites (tertiary alicyclic amines) is 1. The van der Waals surface area contributed by atoms with Crippen molar-refractivity contribution in [2.45, 2.75) is 24.9 Å². The predicted molar refractivity (Wildman–Crippen MR) is 60.1 cm³/mol.